The number of rotatable bonds is 3. The van der Waals surface area contributed by atoms with E-state index in [0.717, 1.165) is 22.4 Å². The van der Waals surface area contributed by atoms with Gasteiger partial charge in [-0.05, 0) is 35.9 Å². The lowest BCUT2D eigenvalue weighted by molar-refractivity contribution is 0.277. The summed E-state index contributed by atoms with van der Waals surface area (Å²) in [7, 11) is 0. The molecule has 0 aliphatic carbocycles. The van der Waals surface area contributed by atoms with Gasteiger partial charge >= 0.3 is 0 Å². The fourth-order valence-electron chi connectivity index (χ4n) is 2.28. The summed E-state index contributed by atoms with van der Waals surface area (Å²) in [6, 6.07) is 18.9. The number of benzene rings is 2. The van der Waals surface area contributed by atoms with Crippen molar-refractivity contribution in [1.29, 1.82) is 0 Å². The first-order valence-corrected chi connectivity index (χ1v) is 7.55. The first kappa shape index (κ1) is 15.0. The maximum absolute atomic E-state index is 9.35. The monoisotopic (exact) mass is 329 g/mol. The van der Waals surface area contributed by atoms with Crippen molar-refractivity contribution < 1.29 is 5.11 Å². The number of hydrogen-bond acceptors (Lipinski definition) is 2. The first-order valence-electron chi connectivity index (χ1n) is 6.80. The normalized spacial score (nSPS) is 10.7. The topological polar surface area (TPSA) is 33.1 Å². The van der Waals surface area contributed by atoms with E-state index < -0.39 is 0 Å². The lowest BCUT2D eigenvalue weighted by atomic mass is 9.99. The van der Waals surface area contributed by atoms with Gasteiger partial charge in [0.25, 0.3) is 0 Å². The van der Waals surface area contributed by atoms with Crippen molar-refractivity contribution in [1.82, 2.24) is 4.98 Å². The molecule has 0 amide bonds. The number of nitrogens with zero attached hydrogens (tertiary/aromatic N) is 1. The summed E-state index contributed by atoms with van der Waals surface area (Å²) in [5, 5.41) is 10.7. The summed E-state index contributed by atoms with van der Waals surface area (Å²) < 4.78 is 0. The van der Waals surface area contributed by atoms with Gasteiger partial charge in [-0.25, -0.2) is 4.98 Å². The van der Waals surface area contributed by atoms with Crippen molar-refractivity contribution in [2.75, 3.05) is 0 Å². The third-order valence-electron chi connectivity index (χ3n) is 3.39. The molecule has 0 radical (unpaired) electrons. The standard InChI is InChI=1S/C18H13Cl2NO/c19-14-5-1-12(2-6-14)17-10-9-16(11-22)21-18(17)13-3-7-15(20)8-4-13/h1-10,22H,11H2. The van der Waals surface area contributed by atoms with Crippen LogP contribution in [-0.2, 0) is 6.61 Å². The second kappa shape index (κ2) is 6.49. The molecule has 2 aromatic carbocycles. The number of halogens is 2. The second-order valence-electron chi connectivity index (χ2n) is 4.87. The van der Waals surface area contributed by atoms with Crippen molar-refractivity contribution in [3.8, 4) is 22.4 Å². The molecule has 1 N–H and O–H groups in total. The molecule has 0 saturated heterocycles. The molecule has 0 aliphatic rings. The Bertz CT molecular complexity index is 783. The van der Waals surface area contributed by atoms with Crippen LogP contribution in [0.5, 0.6) is 0 Å². The van der Waals surface area contributed by atoms with E-state index in [2.05, 4.69) is 4.98 Å². The molecule has 3 aromatic rings. The van der Waals surface area contributed by atoms with Crippen LogP contribution in [0.25, 0.3) is 22.4 Å². The largest absolute Gasteiger partial charge is 0.390 e. The molecule has 0 atom stereocenters. The Hall–Kier alpha value is -1.87. The Kier molecular flexibility index (Phi) is 4.44. The molecule has 1 aromatic heterocycles. The number of aliphatic hydroxyl groups excluding tert-OH is 1. The van der Waals surface area contributed by atoms with Crippen molar-refractivity contribution >= 4 is 23.2 Å². The van der Waals surface area contributed by atoms with E-state index in [1.54, 1.807) is 0 Å². The number of aromatic nitrogens is 1. The van der Waals surface area contributed by atoms with Crippen LogP contribution in [0.3, 0.4) is 0 Å². The smallest absolute Gasteiger partial charge is 0.0853 e. The lowest BCUT2D eigenvalue weighted by Crippen LogP contribution is -1.95. The fraction of sp³-hybridized carbons (Fsp3) is 0.0556. The molecular formula is C18H13Cl2NO. The Morgan fingerprint density at radius 3 is 1.82 bits per heavy atom. The highest BCUT2D eigenvalue weighted by molar-refractivity contribution is 6.31. The predicted octanol–water partition coefficient (Wildman–Crippen LogP) is 5.21. The summed E-state index contributed by atoms with van der Waals surface area (Å²) in [4.78, 5) is 4.56. The number of aliphatic hydroxyl groups is 1. The molecule has 0 fully saturated rings. The Labute approximate surface area is 139 Å². The van der Waals surface area contributed by atoms with E-state index in [4.69, 9.17) is 23.2 Å². The van der Waals surface area contributed by atoms with Gasteiger partial charge in [-0.3, -0.25) is 0 Å². The van der Waals surface area contributed by atoms with Crippen LogP contribution in [0.4, 0.5) is 0 Å². The van der Waals surface area contributed by atoms with Gasteiger partial charge < -0.3 is 5.11 Å². The van der Waals surface area contributed by atoms with Gasteiger partial charge in [-0.15, -0.1) is 0 Å². The Morgan fingerprint density at radius 1 is 0.727 bits per heavy atom. The molecule has 22 heavy (non-hydrogen) atoms. The molecule has 0 bridgehead atoms. The molecule has 4 heteroatoms. The predicted molar refractivity (Wildman–Crippen MR) is 91.1 cm³/mol. The summed E-state index contributed by atoms with van der Waals surface area (Å²) in [5.41, 5.74) is 4.39. The van der Waals surface area contributed by atoms with Gasteiger partial charge in [0.15, 0.2) is 0 Å². The maximum Gasteiger partial charge on any atom is 0.0853 e. The fourth-order valence-corrected chi connectivity index (χ4v) is 2.53. The molecule has 3 rings (SSSR count). The highest BCUT2D eigenvalue weighted by Gasteiger charge is 2.10. The van der Waals surface area contributed by atoms with Crippen molar-refractivity contribution in [2.24, 2.45) is 0 Å². The van der Waals surface area contributed by atoms with Gasteiger partial charge in [0.1, 0.15) is 0 Å². The minimum Gasteiger partial charge on any atom is -0.390 e. The third-order valence-corrected chi connectivity index (χ3v) is 3.89. The zero-order valence-electron chi connectivity index (χ0n) is 11.6. The SMILES string of the molecule is OCc1ccc(-c2ccc(Cl)cc2)c(-c2ccc(Cl)cc2)n1. The minimum atomic E-state index is -0.0957. The van der Waals surface area contributed by atoms with Crippen LogP contribution in [0, 0.1) is 0 Å². The maximum atomic E-state index is 9.35. The highest BCUT2D eigenvalue weighted by atomic mass is 35.5. The molecule has 0 spiro atoms. The van der Waals surface area contributed by atoms with E-state index in [1.165, 1.54) is 0 Å². The lowest BCUT2D eigenvalue weighted by Gasteiger charge is -2.11. The average Bonchev–Trinajstić information content (AvgIpc) is 2.56. The van der Waals surface area contributed by atoms with Crippen LogP contribution < -0.4 is 0 Å². The van der Waals surface area contributed by atoms with Crippen LogP contribution in [0.2, 0.25) is 10.0 Å². The quantitative estimate of drug-likeness (QED) is 0.715. The van der Waals surface area contributed by atoms with Crippen LogP contribution in [-0.4, -0.2) is 10.1 Å². The first-order chi connectivity index (χ1) is 10.7. The minimum absolute atomic E-state index is 0.0957. The molecular weight excluding hydrogens is 317 g/mol. The van der Waals surface area contributed by atoms with Crippen LogP contribution in [0.1, 0.15) is 5.69 Å². The average molecular weight is 330 g/mol. The van der Waals surface area contributed by atoms with Gasteiger partial charge in [-0.1, -0.05) is 53.5 Å². The molecule has 2 nitrogen and oxygen atoms in total. The summed E-state index contributed by atoms with van der Waals surface area (Å²) in [5.74, 6) is 0. The zero-order chi connectivity index (χ0) is 15.5. The third kappa shape index (κ3) is 3.14. The van der Waals surface area contributed by atoms with Gasteiger partial charge in [-0.2, -0.15) is 0 Å². The van der Waals surface area contributed by atoms with E-state index >= 15 is 0 Å². The molecule has 0 unspecified atom stereocenters. The van der Waals surface area contributed by atoms with Crippen LogP contribution >= 0.6 is 23.2 Å². The highest BCUT2D eigenvalue weighted by Crippen LogP contribution is 2.32. The molecule has 0 saturated carbocycles. The van der Waals surface area contributed by atoms with Gasteiger partial charge in [0.2, 0.25) is 0 Å². The summed E-state index contributed by atoms with van der Waals surface area (Å²) >= 11 is 11.9. The van der Waals surface area contributed by atoms with E-state index in [0.29, 0.717) is 15.7 Å². The zero-order valence-corrected chi connectivity index (χ0v) is 13.1. The Balaban J connectivity index is 2.17. The molecule has 110 valence electrons. The second-order valence-corrected chi connectivity index (χ2v) is 5.74. The van der Waals surface area contributed by atoms with Gasteiger partial charge in [0, 0.05) is 21.2 Å². The van der Waals surface area contributed by atoms with Crippen molar-refractivity contribution in [3.05, 3.63) is 76.4 Å². The number of hydrogen-bond donors (Lipinski definition) is 1. The number of pyridine rings is 1. The Morgan fingerprint density at radius 2 is 1.27 bits per heavy atom. The van der Waals surface area contributed by atoms with E-state index in [9.17, 15) is 5.11 Å². The van der Waals surface area contributed by atoms with Gasteiger partial charge in [0.05, 0.1) is 18.0 Å². The molecule has 0 aliphatic heterocycles. The van der Waals surface area contributed by atoms with Crippen molar-refractivity contribution in [3.63, 3.8) is 0 Å². The molecule has 1 heterocycles. The van der Waals surface area contributed by atoms with E-state index in [1.807, 2.05) is 60.7 Å². The van der Waals surface area contributed by atoms with Crippen molar-refractivity contribution in [2.45, 2.75) is 6.61 Å². The summed E-state index contributed by atoms with van der Waals surface area (Å²) in [6.45, 7) is -0.0957. The van der Waals surface area contributed by atoms with E-state index in [-0.39, 0.29) is 6.61 Å². The van der Waals surface area contributed by atoms with Crippen LogP contribution in [0.15, 0.2) is 60.7 Å². The summed E-state index contributed by atoms with van der Waals surface area (Å²) in [6.07, 6.45) is 0.